The highest BCUT2D eigenvalue weighted by atomic mass is 16.3. The Kier molecular flexibility index (Phi) is 5.05. The highest BCUT2D eigenvalue weighted by molar-refractivity contribution is 6.08. The van der Waals surface area contributed by atoms with Gasteiger partial charge in [-0.3, -0.25) is 14.5 Å². The van der Waals surface area contributed by atoms with Gasteiger partial charge in [-0.15, -0.1) is 0 Å². The van der Waals surface area contributed by atoms with Gasteiger partial charge in [-0.2, -0.15) is 0 Å². The first-order valence-corrected chi connectivity index (χ1v) is 13.5. The molecule has 1 saturated heterocycles. The van der Waals surface area contributed by atoms with Crippen LogP contribution in [0.4, 0.5) is 0 Å². The Balaban J connectivity index is 1.26. The third-order valence-electron chi connectivity index (χ3n) is 9.34. The molecule has 0 bridgehead atoms. The second kappa shape index (κ2) is 8.14. The number of likely N-dealkylation sites (tertiary alicyclic amines) is 1. The zero-order valence-electron chi connectivity index (χ0n) is 20.9. The van der Waals surface area contributed by atoms with Crippen molar-refractivity contribution in [1.82, 2.24) is 9.88 Å². The summed E-state index contributed by atoms with van der Waals surface area (Å²) in [6.45, 7) is 1.95. The number of carbonyl (C=O) groups is 1. The fourth-order valence-corrected chi connectivity index (χ4v) is 7.55. The molecule has 3 N–H and O–H groups in total. The number of benzene rings is 2. The Hall–Kier alpha value is -3.22. The first-order chi connectivity index (χ1) is 17.9. The van der Waals surface area contributed by atoms with Gasteiger partial charge < -0.3 is 15.2 Å². The quantitative estimate of drug-likeness (QED) is 0.470. The molecule has 6 heteroatoms. The number of rotatable bonds is 5. The lowest BCUT2D eigenvalue weighted by Crippen LogP contribution is -2.75. The minimum atomic E-state index is -0.967. The molecule has 190 valence electrons. The third-order valence-corrected chi connectivity index (χ3v) is 9.34. The monoisotopic (exact) mass is 496 g/mol. The van der Waals surface area contributed by atoms with Gasteiger partial charge in [-0.05, 0) is 79.3 Å². The molecule has 3 atom stereocenters. The average Bonchev–Trinajstić information content (AvgIpc) is 3.62. The van der Waals surface area contributed by atoms with Crippen molar-refractivity contribution in [3.05, 3.63) is 98.5 Å². The number of aliphatic hydroxyl groups is 1. The van der Waals surface area contributed by atoms with Crippen molar-refractivity contribution in [2.24, 2.45) is 5.92 Å². The number of aromatic nitrogens is 1. The minimum absolute atomic E-state index is 0.0280. The van der Waals surface area contributed by atoms with Gasteiger partial charge in [0.1, 0.15) is 5.75 Å². The standard InChI is InChI=1S/C31H32N2O4/c34-23-8-9-25-21(14-23)10-12-30(25)18-33(17-19-6-7-19)29(30)31(37)13-11-26-22(16-31)15-24(28(36)32-26)27(35)20-4-2-1-3-5-20/h1-5,8-9,14-15,19,29,34,37H,6-7,10-13,16-18H2,(H,32,36)/t29?,30?,31-/m1/s1. The van der Waals surface area contributed by atoms with Crippen LogP contribution in [0.25, 0.3) is 0 Å². The van der Waals surface area contributed by atoms with Crippen molar-refractivity contribution >= 4 is 5.78 Å². The maximum absolute atomic E-state index is 13.2. The number of fused-ring (bicyclic) bond motifs is 3. The van der Waals surface area contributed by atoms with Gasteiger partial charge in [-0.1, -0.05) is 36.4 Å². The number of H-pyrrole nitrogens is 1. The number of aromatic hydroxyl groups is 1. The summed E-state index contributed by atoms with van der Waals surface area (Å²) in [5.74, 6) is 0.719. The topological polar surface area (TPSA) is 93.6 Å². The van der Waals surface area contributed by atoms with Gasteiger partial charge in [-0.25, -0.2) is 0 Å². The molecule has 3 aromatic rings. The second-order valence-electron chi connectivity index (χ2n) is 11.8. The molecule has 6 nitrogen and oxygen atoms in total. The van der Waals surface area contributed by atoms with Gasteiger partial charge in [0, 0.05) is 42.2 Å². The fraction of sp³-hybridized carbons (Fsp3) is 0.419. The number of carbonyl (C=O) groups excluding carboxylic acids is 1. The van der Waals surface area contributed by atoms with E-state index in [9.17, 15) is 19.8 Å². The van der Waals surface area contributed by atoms with Crippen molar-refractivity contribution in [3.8, 4) is 5.75 Å². The van der Waals surface area contributed by atoms with Gasteiger partial charge in [0.25, 0.3) is 5.56 Å². The number of ketones is 1. The molecule has 1 aliphatic heterocycles. The predicted molar refractivity (Wildman–Crippen MR) is 140 cm³/mol. The van der Waals surface area contributed by atoms with E-state index in [0.717, 1.165) is 37.2 Å². The smallest absolute Gasteiger partial charge is 0.259 e. The summed E-state index contributed by atoms with van der Waals surface area (Å²) in [5, 5.41) is 22.5. The number of aromatic amines is 1. The number of nitrogens with one attached hydrogen (secondary N) is 1. The van der Waals surface area contributed by atoms with Crippen LogP contribution in [0.15, 0.2) is 59.4 Å². The number of phenols is 1. The molecule has 0 amide bonds. The highest BCUT2D eigenvalue weighted by Gasteiger charge is 2.63. The molecule has 2 fully saturated rings. The summed E-state index contributed by atoms with van der Waals surface area (Å²) >= 11 is 0. The summed E-state index contributed by atoms with van der Waals surface area (Å²) in [5.41, 5.74) is 3.31. The Morgan fingerprint density at radius 1 is 1.03 bits per heavy atom. The number of phenolic OH excluding ortho intramolecular Hbond substituents is 1. The summed E-state index contributed by atoms with van der Waals surface area (Å²) in [6.07, 6.45) is 5.96. The number of hydrogen-bond acceptors (Lipinski definition) is 5. The van der Waals surface area contributed by atoms with Crippen LogP contribution in [-0.4, -0.2) is 50.6 Å². The lowest BCUT2D eigenvalue weighted by molar-refractivity contribution is -0.153. The lowest BCUT2D eigenvalue weighted by Gasteiger charge is -2.63. The predicted octanol–water partition coefficient (Wildman–Crippen LogP) is 3.51. The first kappa shape index (κ1) is 22.9. The number of hydrogen-bond donors (Lipinski definition) is 3. The van der Waals surface area contributed by atoms with E-state index in [4.69, 9.17) is 0 Å². The molecule has 1 saturated carbocycles. The zero-order chi connectivity index (χ0) is 25.4. The van der Waals surface area contributed by atoms with E-state index in [0.29, 0.717) is 36.5 Å². The normalized spacial score (nSPS) is 28.5. The maximum Gasteiger partial charge on any atom is 0.259 e. The van der Waals surface area contributed by atoms with Crippen LogP contribution in [0.3, 0.4) is 0 Å². The van der Waals surface area contributed by atoms with Crippen LogP contribution in [0.1, 0.15) is 64.0 Å². The molecule has 1 aromatic heterocycles. The Labute approximate surface area is 216 Å². The molecule has 2 unspecified atom stereocenters. The molecule has 2 heterocycles. The summed E-state index contributed by atoms with van der Waals surface area (Å²) in [6, 6.07) is 16.3. The van der Waals surface area contributed by atoms with E-state index in [-0.39, 0.29) is 28.4 Å². The second-order valence-corrected chi connectivity index (χ2v) is 11.8. The summed E-state index contributed by atoms with van der Waals surface area (Å²) < 4.78 is 0. The molecule has 2 aromatic carbocycles. The molecular weight excluding hydrogens is 464 g/mol. The minimum Gasteiger partial charge on any atom is -0.508 e. The zero-order valence-corrected chi connectivity index (χ0v) is 20.9. The van der Waals surface area contributed by atoms with Crippen molar-refractivity contribution in [3.63, 3.8) is 0 Å². The lowest BCUT2D eigenvalue weighted by atomic mass is 9.58. The van der Waals surface area contributed by atoms with Crippen LogP contribution < -0.4 is 5.56 Å². The Morgan fingerprint density at radius 3 is 2.62 bits per heavy atom. The van der Waals surface area contributed by atoms with Gasteiger partial charge in [0.05, 0.1) is 11.2 Å². The number of pyridine rings is 1. The van der Waals surface area contributed by atoms with Gasteiger partial charge in [0.15, 0.2) is 5.78 Å². The van der Waals surface area contributed by atoms with Gasteiger partial charge in [0.2, 0.25) is 0 Å². The van der Waals surface area contributed by atoms with Crippen LogP contribution in [0, 0.1) is 5.92 Å². The van der Waals surface area contributed by atoms with E-state index in [1.165, 1.54) is 24.0 Å². The molecule has 7 rings (SSSR count). The Morgan fingerprint density at radius 2 is 1.84 bits per heavy atom. The van der Waals surface area contributed by atoms with E-state index < -0.39 is 5.60 Å². The number of aryl methyl sites for hydroxylation is 2. The van der Waals surface area contributed by atoms with Crippen molar-refractivity contribution in [2.45, 2.75) is 62.0 Å². The SMILES string of the molecule is O=C(c1ccccc1)c1cc2c([nH]c1=O)CC[C@](O)(C1N(CC3CC3)CC13CCc1cc(O)ccc13)C2. The molecule has 4 aliphatic rings. The summed E-state index contributed by atoms with van der Waals surface area (Å²) in [4.78, 5) is 31.5. The molecule has 37 heavy (non-hydrogen) atoms. The van der Waals surface area contributed by atoms with Crippen LogP contribution in [0.5, 0.6) is 5.75 Å². The van der Waals surface area contributed by atoms with E-state index in [1.807, 2.05) is 12.1 Å². The van der Waals surface area contributed by atoms with Crippen LogP contribution in [-0.2, 0) is 24.7 Å². The fourth-order valence-electron chi connectivity index (χ4n) is 7.55. The van der Waals surface area contributed by atoms with E-state index >= 15 is 0 Å². The molecule has 0 radical (unpaired) electrons. The van der Waals surface area contributed by atoms with Gasteiger partial charge >= 0.3 is 0 Å². The van der Waals surface area contributed by atoms with E-state index in [2.05, 4.69) is 16.0 Å². The highest BCUT2D eigenvalue weighted by Crippen LogP contribution is 2.56. The Bertz CT molecular complexity index is 1460. The van der Waals surface area contributed by atoms with E-state index in [1.54, 1.807) is 36.4 Å². The maximum atomic E-state index is 13.2. The molecule has 1 spiro atoms. The van der Waals surface area contributed by atoms with Crippen LogP contribution in [0.2, 0.25) is 0 Å². The third kappa shape index (κ3) is 3.61. The van der Waals surface area contributed by atoms with Crippen molar-refractivity contribution in [1.29, 1.82) is 0 Å². The summed E-state index contributed by atoms with van der Waals surface area (Å²) in [7, 11) is 0. The van der Waals surface area contributed by atoms with Crippen LogP contribution >= 0.6 is 0 Å². The number of nitrogens with zero attached hydrogens (tertiary/aromatic N) is 1. The molecule has 3 aliphatic carbocycles. The van der Waals surface area contributed by atoms with Crippen molar-refractivity contribution < 1.29 is 15.0 Å². The largest absolute Gasteiger partial charge is 0.508 e. The average molecular weight is 497 g/mol. The molecular formula is C31H32N2O4. The first-order valence-electron chi connectivity index (χ1n) is 13.5. The van der Waals surface area contributed by atoms with Crippen molar-refractivity contribution in [2.75, 3.05) is 13.1 Å².